The molecule has 0 saturated carbocycles. The number of nitro benzene ring substituents is 1. The smallest absolute Gasteiger partial charge is 0.300 e. The van der Waals surface area contributed by atoms with Crippen LogP contribution in [0.15, 0.2) is 78.4 Å². The second-order valence-electron chi connectivity index (χ2n) is 7.22. The molecule has 4 rings (SSSR count). The zero-order chi connectivity index (χ0) is 23.7. The van der Waals surface area contributed by atoms with Crippen molar-refractivity contribution in [2.45, 2.75) is 6.04 Å². The lowest BCUT2D eigenvalue weighted by molar-refractivity contribution is -0.384. The molecule has 1 aliphatic heterocycles. The highest BCUT2D eigenvalue weighted by Gasteiger charge is 2.47. The van der Waals surface area contributed by atoms with E-state index in [1.165, 1.54) is 60.5 Å². The molecule has 0 aliphatic carbocycles. The number of carbonyl (C=O) groups excluding carboxylic acids is 2. The normalized spacial score (nSPS) is 17.3. The maximum absolute atomic E-state index is 13.6. The molecule has 33 heavy (non-hydrogen) atoms. The number of carbonyl (C=O) groups is 2. The molecule has 3 aromatic rings. The lowest BCUT2D eigenvalue weighted by atomic mass is 9.95. The lowest BCUT2D eigenvalue weighted by Crippen LogP contribution is -2.29. The maximum atomic E-state index is 13.6. The summed E-state index contributed by atoms with van der Waals surface area (Å²) < 4.78 is 18.7. The fraction of sp³-hybridized carbons (Fsp3) is 0.0833. The highest BCUT2D eigenvalue weighted by Crippen LogP contribution is 2.42. The van der Waals surface area contributed by atoms with E-state index >= 15 is 0 Å². The number of nitrogens with zero attached hydrogens (tertiary/aromatic N) is 2. The van der Waals surface area contributed by atoms with E-state index in [-0.39, 0.29) is 16.8 Å². The molecular weight excluding hydrogens is 431 g/mol. The summed E-state index contributed by atoms with van der Waals surface area (Å²) in [5.74, 6) is -2.27. The molecule has 0 radical (unpaired) electrons. The Morgan fingerprint density at radius 1 is 1.00 bits per heavy atom. The predicted molar refractivity (Wildman–Crippen MR) is 117 cm³/mol. The third kappa shape index (κ3) is 3.91. The molecule has 1 saturated heterocycles. The lowest BCUT2D eigenvalue weighted by Gasteiger charge is -2.25. The number of ketones is 1. The van der Waals surface area contributed by atoms with Crippen LogP contribution in [0.25, 0.3) is 5.76 Å². The van der Waals surface area contributed by atoms with E-state index in [2.05, 4.69) is 0 Å². The van der Waals surface area contributed by atoms with Gasteiger partial charge in [-0.25, -0.2) is 4.39 Å². The first-order chi connectivity index (χ1) is 15.8. The van der Waals surface area contributed by atoms with Crippen LogP contribution in [-0.2, 0) is 9.59 Å². The van der Waals surface area contributed by atoms with Gasteiger partial charge in [0.25, 0.3) is 17.4 Å². The van der Waals surface area contributed by atoms with Crippen LogP contribution >= 0.6 is 0 Å². The van der Waals surface area contributed by atoms with Crippen molar-refractivity contribution < 1.29 is 28.7 Å². The first-order valence-electron chi connectivity index (χ1n) is 9.77. The quantitative estimate of drug-likeness (QED) is 0.204. The molecule has 1 atom stereocenters. The minimum Gasteiger partial charge on any atom is -0.507 e. The Bertz CT molecular complexity index is 1270. The number of Topliss-reactive ketones (excluding diaryl/α,β-unsaturated/α-hetero) is 1. The van der Waals surface area contributed by atoms with Gasteiger partial charge in [0.2, 0.25) is 0 Å². The Labute approximate surface area is 187 Å². The molecular formula is C24H17FN2O6. The van der Waals surface area contributed by atoms with Gasteiger partial charge in [-0.1, -0.05) is 12.1 Å². The molecule has 1 amide bonds. The van der Waals surface area contributed by atoms with Crippen LogP contribution in [0.3, 0.4) is 0 Å². The molecule has 0 aromatic heterocycles. The van der Waals surface area contributed by atoms with Crippen molar-refractivity contribution in [3.63, 3.8) is 0 Å². The molecule has 1 heterocycles. The van der Waals surface area contributed by atoms with Crippen LogP contribution < -0.4 is 9.64 Å². The molecule has 8 nitrogen and oxygen atoms in total. The van der Waals surface area contributed by atoms with Crippen molar-refractivity contribution in [3.05, 3.63) is 105 Å². The van der Waals surface area contributed by atoms with Gasteiger partial charge in [0.1, 0.15) is 17.3 Å². The molecule has 1 N–H and O–H groups in total. The van der Waals surface area contributed by atoms with Crippen molar-refractivity contribution in [2.75, 3.05) is 12.0 Å². The van der Waals surface area contributed by atoms with Gasteiger partial charge >= 0.3 is 0 Å². The van der Waals surface area contributed by atoms with Crippen LogP contribution in [0.4, 0.5) is 15.8 Å². The largest absolute Gasteiger partial charge is 0.507 e. The van der Waals surface area contributed by atoms with Gasteiger partial charge in [-0.3, -0.25) is 24.6 Å². The Kier molecular flexibility index (Phi) is 5.61. The van der Waals surface area contributed by atoms with Crippen LogP contribution in [0.2, 0.25) is 0 Å². The zero-order valence-electron chi connectivity index (χ0n) is 17.3. The van der Waals surface area contributed by atoms with E-state index in [1.54, 1.807) is 24.3 Å². The number of hydrogen-bond donors (Lipinski definition) is 1. The van der Waals surface area contributed by atoms with Crippen molar-refractivity contribution in [3.8, 4) is 5.75 Å². The van der Waals surface area contributed by atoms with Crippen LogP contribution in [0.1, 0.15) is 17.2 Å². The predicted octanol–water partition coefficient (Wildman–Crippen LogP) is 4.37. The average molecular weight is 448 g/mol. The minimum absolute atomic E-state index is 0.125. The summed E-state index contributed by atoms with van der Waals surface area (Å²) in [6.45, 7) is 0. The van der Waals surface area contributed by atoms with Gasteiger partial charge in [0.15, 0.2) is 0 Å². The van der Waals surface area contributed by atoms with E-state index < -0.39 is 34.2 Å². The summed E-state index contributed by atoms with van der Waals surface area (Å²) >= 11 is 0. The van der Waals surface area contributed by atoms with Gasteiger partial charge < -0.3 is 9.84 Å². The molecule has 0 spiro atoms. The third-order valence-corrected chi connectivity index (χ3v) is 5.33. The Hall–Kier alpha value is -4.53. The molecule has 1 aliphatic rings. The monoisotopic (exact) mass is 448 g/mol. The van der Waals surface area contributed by atoms with Crippen molar-refractivity contribution in [2.24, 2.45) is 0 Å². The van der Waals surface area contributed by atoms with Gasteiger partial charge in [0.05, 0.1) is 23.6 Å². The number of aliphatic hydroxyl groups is 1. The number of methoxy groups -OCH3 is 1. The summed E-state index contributed by atoms with van der Waals surface area (Å²) in [7, 11) is 1.49. The van der Waals surface area contributed by atoms with E-state index in [9.17, 15) is 29.2 Å². The van der Waals surface area contributed by atoms with Crippen molar-refractivity contribution in [1.29, 1.82) is 0 Å². The first-order valence-corrected chi connectivity index (χ1v) is 9.77. The Morgan fingerprint density at radius 2 is 1.61 bits per heavy atom. The van der Waals surface area contributed by atoms with Crippen molar-refractivity contribution in [1.82, 2.24) is 0 Å². The van der Waals surface area contributed by atoms with Crippen LogP contribution in [-0.4, -0.2) is 28.8 Å². The number of anilines is 1. The molecule has 0 bridgehead atoms. The van der Waals surface area contributed by atoms with Gasteiger partial charge in [0, 0.05) is 23.4 Å². The maximum Gasteiger partial charge on any atom is 0.300 e. The molecule has 1 fully saturated rings. The topological polar surface area (TPSA) is 110 Å². The molecule has 9 heteroatoms. The van der Waals surface area contributed by atoms with Crippen LogP contribution in [0, 0.1) is 15.9 Å². The fourth-order valence-corrected chi connectivity index (χ4v) is 3.70. The minimum atomic E-state index is -1.05. The first kappa shape index (κ1) is 21.7. The number of non-ortho nitro benzene ring substituents is 1. The zero-order valence-corrected chi connectivity index (χ0v) is 17.3. The number of rotatable bonds is 5. The summed E-state index contributed by atoms with van der Waals surface area (Å²) in [5, 5.41) is 21.9. The highest BCUT2D eigenvalue weighted by molar-refractivity contribution is 6.51. The van der Waals surface area contributed by atoms with E-state index in [0.717, 1.165) is 0 Å². The second-order valence-corrected chi connectivity index (χ2v) is 7.22. The number of halogens is 1. The average Bonchev–Trinajstić information content (AvgIpc) is 3.09. The second kappa shape index (κ2) is 8.54. The van der Waals surface area contributed by atoms with Crippen molar-refractivity contribution >= 4 is 28.8 Å². The number of nitro groups is 1. The Morgan fingerprint density at radius 3 is 2.15 bits per heavy atom. The fourth-order valence-electron chi connectivity index (χ4n) is 3.70. The van der Waals surface area contributed by atoms with E-state index in [4.69, 9.17) is 4.74 Å². The number of benzene rings is 3. The third-order valence-electron chi connectivity index (χ3n) is 5.33. The molecule has 3 aromatic carbocycles. The van der Waals surface area contributed by atoms with Gasteiger partial charge in [-0.15, -0.1) is 0 Å². The van der Waals surface area contributed by atoms with E-state index in [1.807, 2.05) is 0 Å². The number of amides is 1. The molecule has 1 unspecified atom stereocenters. The van der Waals surface area contributed by atoms with Crippen LogP contribution in [0.5, 0.6) is 5.75 Å². The molecule has 166 valence electrons. The van der Waals surface area contributed by atoms with Gasteiger partial charge in [-0.05, 0) is 54.1 Å². The summed E-state index contributed by atoms with van der Waals surface area (Å²) in [4.78, 5) is 37.6. The number of hydrogen-bond acceptors (Lipinski definition) is 6. The highest BCUT2D eigenvalue weighted by atomic mass is 19.1. The summed E-state index contributed by atoms with van der Waals surface area (Å²) in [5.41, 5.74) is 0.488. The Balaban J connectivity index is 1.89. The SMILES string of the molecule is COc1ccc(N2C(=O)C(=O)C(=C(O)c3ccc([N+](=O)[O-])cc3)C2c2ccc(F)cc2)cc1. The van der Waals surface area contributed by atoms with Gasteiger partial charge in [-0.2, -0.15) is 0 Å². The van der Waals surface area contributed by atoms with E-state index in [0.29, 0.717) is 17.0 Å². The summed E-state index contributed by atoms with van der Waals surface area (Å²) in [6.07, 6.45) is 0. The number of ether oxygens (including phenoxy) is 1. The number of aliphatic hydroxyl groups excluding tert-OH is 1. The standard InChI is InChI=1S/C24H17FN2O6/c1-33-19-12-10-17(11-13-19)26-21(14-2-6-16(25)7-3-14)20(23(29)24(26)30)22(28)15-4-8-18(9-5-15)27(31)32/h2-13,21,28H,1H3. The summed E-state index contributed by atoms with van der Waals surface area (Å²) in [6, 6.07) is 15.5.